The number of aryl methyl sites for hydroxylation is 8. The number of hydrogen-bond donors (Lipinski definition) is 5. The van der Waals surface area contributed by atoms with E-state index in [1.165, 1.54) is 22.3 Å². The van der Waals surface area contributed by atoms with Gasteiger partial charge >= 0.3 is 0 Å². The Morgan fingerprint density at radius 1 is 0.431 bits per heavy atom. The summed E-state index contributed by atoms with van der Waals surface area (Å²) in [6.07, 6.45) is 10.5. The molecule has 13 aliphatic rings. The number of benzene rings is 8. The molecule has 23 rings (SSSR count). The lowest BCUT2D eigenvalue weighted by molar-refractivity contribution is 0.0771. The van der Waals surface area contributed by atoms with Crippen molar-refractivity contribution in [2.24, 2.45) is 10.2 Å². The normalized spacial score (nSPS) is 15.7. The van der Waals surface area contributed by atoms with Crippen molar-refractivity contribution in [3.8, 4) is 11.5 Å². The third-order valence-electron chi connectivity index (χ3n) is 24.3. The number of ether oxygens (including phenoxy) is 1. The van der Waals surface area contributed by atoms with E-state index >= 15 is 0 Å². The van der Waals surface area contributed by atoms with Crippen LogP contribution in [0.1, 0.15) is 285 Å². The number of aromatic nitrogens is 2. The maximum Gasteiger partial charge on any atom is 0.274 e. The van der Waals surface area contributed by atoms with Crippen LogP contribution in [0.2, 0.25) is 0 Å². The minimum absolute atomic E-state index is 0.0527. The number of azo groups is 1. The molecule has 0 radical (unpaired) electrons. The molecule has 8 aromatic carbocycles. The highest BCUT2D eigenvalue weighted by Gasteiger charge is 2.42. The molecule has 11 aliphatic heterocycles. The Kier molecular flexibility index (Phi) is 23.3. The summed E-state index contributed by atoms with van der Waals surface area (Å²) in [4.78, 5) is 93.5. The van der Waals surface area contributed by atoms with E-state index in [4.69, 9.17) is 9.85 Å². The minimum atomic E-state index is -0.492. The van der Waals surface area contributed by atoms with E-state index in [0.29, 0.717) is 47.1 Å². The first-order chi connectivity index (χ1) is 55.1. The molecule has 17 heteroatoms. The molecule has 0 saturated heterocycles. The van der Waals surface area contributed by atoms with Crippen LogP contribution in [-0.2, 0) is 27.1 Å². The van der Waals surface area contributed by atoms with Gasteiger partial charge < -0.3 is 36.2 Å². The molecule has 12 bridgehead atoms. The number of hydrogen-bond acceptors (Lipinski definition) is 11. The fraction of sp³-hybridized carbons (Fsp3) is 0.354. The predicted octanol–water partition coefficient (Wildman–Crippen LogP) is 23.6. The number of anilines is 5. The lowest BCUT2D eigenvalue weighted by Crippen LogP contribution is -2.31. The van der Waals surface area contributed by atoms with Gasteiger partial charge in [-0.2, -0.15) is 5.11 Å². The zero-order valence-corrected chi connectivity index (χ0v) is 70.7. The Morgan fingerprint density at radius 3 is 1.13 bits per heavy atom. The fourth-order valence-corrected chi connectivity index (χ4v) is 17.6. The number of nitrogens with one attached hydrogen (secondary N) is 5. The fourth-order valence-electron chi connectivity index (χ4n) is 17.6. The average molecular weight is 1550 g/mol. The molecule has 0 atom stereocenters. The average Bonchev–Trinajstić information content (AvgIpc) is 0.720. The van der Waals surface area contributed by atoms with Crippen LogP contribution in [0, 0.1) is 55.4 Å². The van der Waals surface area contributed by atoms with Gasteiger partial charge in [-0.05, 0) is 256 Å². The van der Waals surface area contributed by atoms with Crippen molar-refractivity contribution in [1.82, 2.24) is 14.9 Å². The first kappa shape index (κ1) is 82.3. The van der Waals surface area contributed by atoms with Gasteiger partial charge in [0.05, 0.1) is 11.4 Å². The van der Waals surface area contributed by atoms with Gasteiger partial charge in [0.1, 0.15) is 28.5 Å². The number of carbonyl (C=O) groups excluding carboxylic acids is 6. The molecule has 116 heavy (non-hydrogen) atoms. The van der Waals surface area contributed by atoms with Crippen LogP contribution in [0.4, 0.5) is 39.8 Å². The van der Waals surface area contributed by atoms with Gasteiger partial charge in [0, 0.05) is 74.3 Å². The molecule has 0 unspecified atom stereocenters. The highest BCUT2D eigenvalue weighted by Crippen LogP contribution is 2.57. The number of carbonyl (C=O) groups is 6. The van der Waals surface area contributed by atoms with Gasteiger partial charge in [-0.25, -0.2) is 9.97 Å². The van der Waals surface area contributed by atoms with E-state index in [-0.39, 0.29) is 56.3 Å². The maximum absolute atomic E-state index is 14.0. The summed E-state index contributed by atoms with van der Waals surface area (Å²) in [6.45, 7) is 38.8. The molecule has 13 heterocycles. The van der Waals surface area contributed by atoms with E-state index < -0.39 is 29.0 Å². The largest absolute Gasteiger partial charge is 0.452 e. The number of pyridine rings is 2. The molecule has 5 N–H and O–H groups in total. The van der Waals surface area contributed by atoms with E-state index in [9.17, 15) is 28.8 Å². The van der Waals surface area contributed by atoms with E-state index in [0.717, 1.165) is 159 Å². The van der Waals surface area contributed by atoms with Gasteiger partial charge in [0.15, 0.2) is 11.5 Å². The van der Waals surface area contributed by atoms with Gasteiger partial charge in [0.2, 0.25) is 0 Å². The predicted molar refractivity (Wildman–Crippen MR) is 466 cm³/mol. The van der Waals surface area contributed by atoms with Crippen molar-refractivity contribution in [3.05, 3.63) is 287 Å². The van der Waals surface area contributed by atoms with Gasteiger partial charge in [-0.1, -0.05) is 185 Å². The van der Waals surface area contributed by atoms with Crippen LogP contribution in [0.15, 0.2) is 174 Å². The molecule has 598 valence electrons. The molecule has 2 spiro atoms. The number of rotatable bonds is 7. The van der Waals surface area contributed by atoms with Crippen molar-refractivity contribution in [3.63, 3.8) is 0 Å². The summed E-state index contributed by atoms with van der Waals surface area (Å²) < 4.78 is 6.82. The lowest BCUT2D eigenvalue weighted by Gasteiger charge is -2.40. The highest BCUT2D eigenvalue weighted by molar-refractivity contribution is 6.09. The van der Waals surface area contributed by atoms with Crippen LogP contribution >= 0.6 is 0 Å². The Labute approximate surface area is 683 Å². The van der Waals surface area contributed by atoms with Crippen LogP contribution in [0.5, 0.6) is 11.5 Å². The Bertz CT molecular complexity index is 5090. The summed E-state index contributed by atoms with van der Waals surface area (Å²) >= 11 is 0. The third kappa shape index (κ3) is 16.6. The minimum Gasteiger partial charge on any atom is -0.452 e. The molecule has 6 amide bonds. The zero-order chi connectivity index (χ0) is 83.1. The van der Waals surface area contributed by atoms with Crippen molar-refractivity contribution >= 4 is 75.3 Å². The molecule has 17 nitrogen and oxygen atoms in total. The van der Waals surface area contributed by atoms with Crippen molar-refractivity contribution in [2.45, 2.75) is 216 Å². The second-order valence-corrected chi connectivity index (χ2v) is 34.9. The first-order valence-corrected chi connectivity index (χ1v) is 41.0. The summed E-state index contributed by atoms with van der Waals surface area (Å²) in [6, 6.07) is 52.5. The summed E-state index contributed by atoms with van der Waals surface area (Å²) in [7, 11) is 0. The quantitative estimate of drug-likeness (QED) is 0.0955. The number of nitrogens with zero attached hydrogens (tertiary/aromatic N) is 5. The van der Waals surface area contributed by atoms with Gasteiger partial charge in [-0.15, -0.1) is 5.11 Å². The molecular weight excluding hydrogens is 1440 g/mol. The highest BCUT2D eigenvalue weighted by atomic mass is 16.5. The molecule has 2 aromatic heterocycles. The zero-order valence-electron chi connectivity index (χ0n) is 70.7. The summed E-state index contributed by atoms with van der Waals surface area (Å²) in [5.74, 6) is -0.694. The first-order valence-electron chi connectivity index (χ1n) is 41.0. The Balaban J connectivity index is 0.000000215. The second kappa shape index (κ2) is 32.9. The Morgan fingerprint density at radius 2 is 0.776 bits per heavy atom. The van der Waals surface area contributed by atoms with E-state index in [1.54, 1.807) is 65.6 Å². The molecule has 10 aromatic rings. The van der Waals surface area contributed by atoms with Crippen LogP contribution in [0.25, 0.3) is 0 Å². The van der Waals surface area contributed by atoms with Crippen molar-refractivity contribution in [2.75, 3.05) is 39.7 Å². The maximum atomic E-state index is 14.0. The monoisotopic (exact) mass is 1550 g/mol. The second-order valence-electron chi connectivity index (χ2n) is 34.9. The smallest absolute Gasteiger partial charge is 0.274 e. The summed E-state index contributed by atoms with van der Waals surface area (Å²) in [5, 5.41) is 25.0. The van der Waals surface area contributed by atoms with Crippen LogP contribution < -0.4 is 31.3 Å². The molecular formula is C99H110N10O7. The molecule has 2 aliphatic carbocycles. The van der Waals surface area contributed by atoms with Gasteiger partial charge in [0.25, 0.3) is 35.4 Å². The van der Waals surface area contributed by atoms with E-state index in [1.807, 2.05) is 106 Å². The van der Waals surface area contributed by atoms with Crippen molar-refractivity contribution in [1.29, 1.82) is 0 Å². The van der Waals surface area contributed by atoms with Crippen LogP contribution in [-0.4, -0.2) is 63.4 Å². The van der Waals surface area contributed by atoms with Crippen molar-refractivity contribution < 1.29 is 33.5 Å². The molecule has 2 fully saturated rings. The third-order valence-corrected chi connectivity index (χ3v) is 24.3. The topological polar surface area (TPSA) is 226 Å². The molecule has 2 saturated carbocycles. The number of fused-ring (bicyclic) bond motifs is 2. The lowest BCUT2D eigenvalue weighted by atomic mass is 9.64. The Hall–Kier alpha value is -11.7. The van der Waals surface area contributed by atoms with Crippen LogP contribution in [0.3, 0.4) is 0 Å². The standard InChI is InChI=1S/C58H62N6O4.C41H48N4O3/c1-33-25-41-26-34(2)49(33)61-53(65)45-17-15-18-46(59-45)54(66)63-51-37(5)29-43(30-38(51)6)58(23-13-10-14-24-58)44-31-39(7)52(40(8)32-44)64-56(68)48-20-16-19-47(60-48)55(67)62-50-35(3)27-42(28-36(50)4)57(41)21-11-9-12-22-57;1-11-45(12-2)38(47)27-20-18-26(19-21-27)37(46)42-33-24-28(39(3,4)5)22-31-35(33)48-36-32(41(31,9)10)23-29(40(6,7)8)25-34(36)44-43-30-16-14-13-15-17-30/h15-20,25-32H,9-14,21-24H2,1-8H3,(H,61,65)(H,62,67)(H,63,66)(H,64,68);13-25H,11-12H2,1-10H3,(H,42,46). The van der Waals surface area contributed by atoms with E-state index in [2.05, 4.69) is 164 Å². The SMILES string of the molecule is CCN(CC)C(=O)c1ccc(C(=O)Nc2cc(C(C)(C)C)cc3c2Oc2c(N=Nc4ccccc4)cc(C(C)(C)C)cc2C3(C)C)cc1.Cc1cc2cc(C)c1NC(=O)c1cccc(n1)C(=O)Nc1c(C)cc(cc1C)C1(CCCCC1)c1cc(C)c(c(C)c1)NC(=O)c1cccc(n1)C(=O)Nc1c(C)cc(cc1C)C21CCCCC1. The summed E-state index contributed by atoms with van der Waals surface area (Å²) in [5.41, 5.74) is 21.5. The van der Waals surface area contributed by atoms with Gasteiger partial charge in [-0.3, -0.25) is 28.8 Å². The number of amides is 6.